The molecule has 0 aromatic heterocycles. The van der Waals surface area contributed by atoms with E-state index in [1.807, 2.05) is 0 Å². The molecule has 8 nitrogen and oxygen atoms in total. The largest absolute Gasteiger partial charge is 0.493 e. The Labute approximate surface area is 115 Å². The second kappa shape index (κ2) is 7.29. The van der Waals surface area contributed by atoms with Crippen molar-refractivity contribution >= 4 is 11.7 Å². The fraction of sp³-hybridized carbons (Fsp3) is 0.417. The summed E-state index contributed by atoms with van der Waals surface area (Å²) in [5.74, 6) is -0.0857. The van der Waals surface area contributed by atoms with Crippen LogP contribution < -0.4 is 15.2 Å². The molecule has 110 valence electrons. The van der Waals surface area contributed by atoms with Crippen LogP contribution in [0.25, 0.3) is 0 Å². The van der Waals surface area contributed by atoms with Gasteiger partial charge in [-0.1, -0.05) is 0 Å². The molecule has 1 aromatic carbocycles. The van der Waals surface area contributed by atoms with Crippen molar-refractivity contribution in [3.05, 3.63) is 28.3 Å². The van der Waals surface area contributed by atoms with E-state index in [0.717, 1.165) is 0 Å². The average molecular weight is 284 g/mol. The second-order valence-electron chi connectivity index (χ2n) is 3.86. The van der Waals surface area contributed by atoms with E-state index in [9.17, 15) is 14.9 Å². The van der Waals surface area contributed by atoms with Gasteiger partial charge in [0.15, 0.2) is 5.75 Å². The van der Waals surface area contributed by atoms with Crippen molar-refractivity contribution in [2.75, 3.05) is 20.8 Å². The highest BCUT2D eigenvalue weighted by Gasteiger charge is 2.17. The zero-order valence-corrected chi connectivity index (χ0v) is 11.2. The van der Waals surface area contributed by atoms with Crippen LogP contribution in [0.3, 0.4) is 0 Å². The summed E-state index contributed by atoms with van der Waals surface area (Å²) in [6.07, 6.45) is 0.243. The molecule has 0 aliphatic heterocycles. The van der Waals surface area contributed by atoms with Gasteiger partial charge in [0.2, 0.25) is 0 Å². The number of nitro benzene ring substituents is 1. The first kappa shape index (κ1) is 15.7. The summed E-state index contributed by atoms with van der Waals surface area (Å²) >= 11 is 0. The normalized spacial score (nSPS) is 11.6. The standard InChI is InChI=1S/C12H16N2O6/c1-18-11-4-3-8(7-10(11)14(16)17)20-6-5-9(13)12(15)19-2/h3-4,7,9H,5-6,13H2,1-2H3. The maximum Gasteiger partial charge on any atom is 0.322 e. The highest BCUT2D eigenvalue weighted by Crippen LogP contribution is 2.30. The van der Waals surface area contributed by atoms with E-state index in [2.05, 4.69) is 4.74 Å². The van der Waals surface area contributed by atoms with Crippen molar-refractivity contribution in [2.24, 2.45) is 5.73 Å². The summed E-state index contributed by atoms with van der Waals surface area (Å²) < 4.78 is 14.7. The minimum absolute atomic E-state index is 0.139. The molecule has 0 amide bonds. The Balaban J connectivity index is 2.63. The molecule has 8 heteroatoms. The van der Waals surface area contributed by atoms with E-state index in [-0.39, 0.29) is 24.5 Å². The van der Waals surface area contributed by atoms with Crippen LogP contribution in [0, 0.1) is 10.1 Å². The van der Waals surface area contributed by atoms with E-state index >= 15 is 0 Å². The minimum atomic E-state index is -0.784. The molecule has 0 aliphatic carbocycles. The lowest BCUT2D eigenvalue weighted by Gasteiger charge is -2.11. The monoisotopic (exact) mass is 284 g/mol. The van der Waals surface area contributed by atoms with Crippen LogP contribution in [-0.4, -0.2) is 37.8 Å². The van der Waals surface area contributed by atoms with Gasteiger partial charge in [-0.25, -0.2) is 0 Å². The van der Waals surface area contributed by atoms with Gasteiger partial charge in [-0.3, -0.25) is 14.9 Å². The number of rotatable bonds is 7. The molecule has 0 bridgehead atoms. The zero-order chi connectivity index (χ0) is 15.1. The first-order valence-electron chi connectivity index (χ1n) is 5.78. The summed E-state index contributed by atoms with van der Waals surface area (Å²) in [6.45, 7) is 0.139. The van der Waals surface area contributed by atoms with Gasteiger partial charge in [-0.05, 0) is 12.1 Å². The van der Waals surface area contributed by atoms with Crippen LogP contribution in [0.5, 0.6) is 11.5 Å². The number of nitrogens with zero attached hydrogens (tertiary/aromatic N) is 1. The third kappa shape index (κ3) is 4.09. The number of esters is 1. The van der Waals surface area contributed by atoms with Gasteiger partial charge in [0.25, 0.3) is 0 Å². The van der Waals surface area contributed by atoms with Crippen molar-refractivity contribution in [3.63, 3.8) is 0 Å². The van der Waals surface area contributed by atoms with Crippen molar-refractivity contribution in [1.82, 2.24) is 0 Å². The van der Waals surface area contributed by atoms with E-state index in [4.69, 9.17) is 15.2 Å². The number of ether oxygens (including phenoxy) is 3. The van der Waals surface area contributed by atoms with Crippen molar-refractivity contribution in [1.29, 1.82) is 0 Å². The van der Waals surface area contributed by atoms with Crippen molar-refractivity contribution in [2.45, 2.75) is 12.5 Å². The number of carbonyl (C=O) groups is 1. The fourth-order valence-electron chi connectivity index (χ4n) is 1.48. The summed E-state index contributed by atoms with van der Waals surface area (Å²) in [7, 11) is 2.59. The maximum absolute atomic E-state index is 11.1. The molecule has 0 heterocycles. The molecule has 2 N–H and O–H groups in total. The minimum Gasteiger partial charge on any atom is -0.493 e. The van der Waals surface area contributed by atoms with Crippen LogP contribution in [0.15, 0.2) is 18.2 Å². The Morgan fingerprint density at radius 2 is 2.15 bits per heavy atom. The first-order chi connectivity index (χ1) is 9.49. The number of nitrogens with two attached hydrogens (primary N) is 1. The lowest BCUT2D eigenvalue weighted by Crippen LogP contribution is -2.33. The molecule has 1 rings (SSSR count). The lowest BCUT2D eigenvalue weighted by atomic mass is 10.2. The molecule has 0 fully saturated rings. The summed E-state index contributed by atoms with van der Waals surface area (Å²) in [6, 6.07) is 3.44. The number of benzene rings is 1. The SMILES string of the molecule is COC(=O)C(N)CCOc1ccc(OC)c([N+](=O)[O-])c1. The summed E-state index contributed by atoms with van der Waals surface area (Å²) in [5, 5.41) is 10.8. The smallest absolute Gasteiger partial charge is 0.322 e. The molecule has 0 saturated carbocycles. The van der Waals surface area contributed by atoms with Crippen LogP contribution in [0.2, 0.25) is 0 Å². The Bertz CT molecular complexity index is 491. The molecule has 1 aromatic rings. The maximum atomic E-state index is 11.1. The second-order valence-corrected chi connectivity index (χ2v) is 3.86. The topological polar surface area (TPSA) is 114 Å². The van der Waals surface area contributed by atoms with E-state index in [0.29, 0.717) is 5.75 Å². The quantitative estimate of drug-likeness (QED) is 0.449. The molecular weight excluding hydrogens is 268 g/mol. The van der Waals surface area contributed by atoms with Crippen LogP contribution in [0.1, 0.15) is 6.42 Å². The van der Waals surface area contributed by atoms with Crippen LogP contribution >= 0.6 is 0 Å². The van der Waals surface area contributed by atoms with Gasteiger partial charge in [-0.15, -0.1) is 0 Å². The number of carbonyl (C=O) groups excluding carboxylic acids is 1. The first-order valence-corrected chi connectivity index (χ1v) is 5.78. The van der Waals surface area contributed by atoms with Gasteiger partial charge in [0.1, 0.15) is 11.8 Å². The molecule has 1 atom stereocenters. The molecule has 1 unspecified atom stereocenters. The van der Waals surface area contributed by atoms with E-state index in [1.165, 1.54) is 32.4 Å². The van der Waals surface area contributed by atoms with Crippen molar-refractivity contribution in [3.8, 4) is 11.5 Å². The summed E-state index contributed by atoms with van der Waals surface area (Å²) in [4.78, 5) is 21.3. The highest BCUT2D eigenvalue weighted by molar-refractivity contribution is 5.75. The number of nitro groups is 1. The van der Waals surface area contributed by atoms with Gasteiger partial charge < -0.3 is 19.9 Å². The Hall–Kier alpha value is -2.35. The average Bonchev–Trinajstić information content (AvgIpc) is 2.45. The third-order valence-corrected chi connectivity index (χ3v) is 2.55. The van der Waals surface area contributed by atoms with Crippen LogP contribution in [-0.2, 0) is 9.53 Å². The molecular formula is C12H16N2O6. The molecule has 0 saturated heterocycles. The van der Waals surface area contributed by atoms with Gasteiger partial charge in [-0.2, -0.15) is 0 Å². The lowest BCUT2D eigenvalue weighted by molar-refractivity contribution is -0.385. The predicted octanol–water partition coefficient (Wildman–Crippen LogP) is 0.873. The molecule has 0 spiro atoms. The Kier molecular flexibility index (Phi) is 5.73. The number of methoxy groups -OCH3 is 2. The summed E-state index contributed by atoms with van der Waals surface area (Å²) in [5.41, 5.74) is 5.34. The highest BCUT2D eigenvalue weighted by atomic mass is 16.6. The van der Waals surface area contributed by atoms with Gasteiger partial charge in [0.05, 0.1) is 31.8 Å². The predicted molar refractivity (Wildman–Crippen MR) is 69.8 cm³/mol. The van der Waals surface area contributed by atoms with Crippen molar-refractivity contribution < 1.29 is 23.9 Å². The Morgan fingerprint density at radius 1 is 1.45 bits per heavy atom. The molecule has 0 aliphatic rings. The molecule has 20 heavy (non-hydrogen) atoms. The third-order valence-electron chi connectivity index (χ3n) is 2.55. The van der Waals surface area contributed by atoms with Gasteiger partial charge >= 0.3 is 11.7 Å². The van der Waals surface area contributed by atoms with E-state index in [1.54, 1.807) is 0 Å². The van der Waals surface area contributed by atoms with E-state index < -0.39 is 16.9 Å². The number of hydrogen-bond acceptors (Lipinski definition) is 7. The Morgan fingerprint density at radius 3 is 2.70 bits per heavy atom. The van der Waals surface area contributed by atoms with Crippen LogP contribution in [0.4, 0.5) is 5.69 Å². The fourth-order valence-corrected chi connectivity index (χ4v) is 1.48. The molecule has 0 radical (unpaired) electrons. The number of hydrogen-bond donors (Lipinski definition) is 1. The van der Waals surface area contributed by atoms with Gasteiger partial charge in [0, 0.05) is 6.42 Å². The zero-order valence-electron chi connectivity index (χ0n) is 11.2.